The van der Waals surface area contributed by atoms with Gasteiger partial charge < -0.3 is 9.88 Å². The number of hydrogen-bond acceptors (Lipinski definition) is 3. The van der Waals surface area contributed by atoms with Gasteiger partial charge in [-0.1, -0.05) is 61.0 Å². The third kappa shape index (κ3) is 4.73. The summed E-state index contributed by atoms with van der Waals surface area (Å²) in [6.07, 6.45) is 2.32. The van der Waals surface area contributed by atoms with Crippen LogP contribution in [0.1, 0.15) is 34.0 Å². The molecule has 0 bridgehead atoms. The standard InChI is InChI=1S/C27H23ClN2O3/c1-3-18-8-10-19(11-9-18)26(32)22-15-30(24-13-12-20(28)14-21(24)27(22)33)16-25(31)29-23-7-5-4-6-17(23)2/h4-15H,3,16H2,1-2H3,(H,29,31). The first-order valence-electron chi connectivity index (χ1n) is 10.7. The van der Waals surface area contributed by atoms with E-state index < -0.39 is 11.2 Å². The van der Waals surface area contributed by atoms with Crippen molar-refractivity contribution in [2.45, 2.75) is 26.8 Å². The fourth-order valence-corrected chi connectivity index (χ4v) is 3.94. The highest BCUT2D eigenvalue weighted by Gasteiger charge is 2.19. The van der Waals surface area contributed by atoms with E-state index in [0.717, 1.165) is 17.5 Å². The maximum absolute atomic E-state index is 13.2. The van der Waals surface area contributed by atoms with Crippen LogP contribution in [0.4, 0.5) is 5.69 Å². The first kappa shape index (κ1) is 22.5. The van der Waals surface area contributed by atoms with Gasteiger partial charge >= 0.3 is 0 Å². The summed E-state index contributed by atoms with van der Waals surface area (Å²) < 4.78 is 1.62. The van der Waals surface area contributed by atoms with Crippen LogP contribution < -0.4 is 10.7 Å². The van der Waals surface area contributed by atoms with Crippen molar-refractivity contribution in [2.75, 3.05) is 5.32 Å². The number of hydrogen-bond donors (Lipinski definition) is 1. The van der Waals surface area contributed by atoms with Crippen molar-refractivity contribution < 1.29 is 9.59 Å². The van der Waals surface area contributed by atoms with E-state index in [4.69, 9.17) is 11.6 Å². The van der Waals surface area contributed by atoms with Crippen LogP contribution in [-0.4, -0.2) is 16.3 Å². The molecule has 1 aromatic heterocycles. The van der Waals surface area contributed by atoms with Gasteiger partial charge in [-0.25, -0.2) is 0 Å². The van der Waals surface area contributed by atoms with Crippen molar-refractivity contribution in [3.05, 3.63) is 110 Å². The number of aryl methyl sites for hydroxylation is 2. The van der Waals surface area contributed by atoms with Crippen molar-refractivity contribution in [1.82, 2.24) is 4.57 Å². The normalized spacial score (nSPS) is 10.9. The summed E-state index contributed by atoms with van der Waals surface area (Å²) in [4.78, 5) is 39.3. The molecule has 4 rings (SSSR count). The highest BCUT2D eigenvalue weighted by Crippen LogP contribution is 2.20. The lowest BCUT2D eigenvalue weighted by Gasteiger charge is -2.14. The lowest BCUT2D eigenvalue weighted by atomic mass is 10.0. The Balaban J connectivity index is 1.76. The molecule has 6 heteroatoms. The summed E-state index contributed by atoms with van der Waals surface area (Å²) >= 11 is 6.14. The maximum atomic E-state index is 13.2. The quantitative estimate of drug-likeness (QED) is 0.393. The molecule has 0 aliphatic rings. The minimum absolute atomic E-state index is 0.00212. The number of aromatic nitrogens is 1. The van der Waals surface area contributed by atoms with Crippen LogP contribution in [0.15, 0.2) is 77.7 Å². The van der Waals surface area contributed by atoms with E-state index in [1.54, 1.807) is 28.8 Å². The molecular weight excluding hydrogens is 436 g/mol. The second-order valence-corrected chi connectivity index (χ2v) is 8.34. The molecule has 1 N–H and O–H groups in total. The monoisotopic (exact) mass is 458 g/mol. The van der Waals surface area contributed by atoms with E-state index in [0.29, 0.717) is 27.2 Å². The van der Waals surface area contributed by atoms with Gasteiger partial charge in [0.25, 0.3) is 0 Å². The van der Waals surface area contributed by atoms with Crippen LogP contribution in [0.25, 0.3) is 10.9 Å². The number of para-hydroxylation sites is 1. The third-order valence-corrected chi connectivity index (χ3v) is 5.88. The molecule has 0 radical (unpaired) electrons. The SMILES string of the molecule is CCc1ccc(C(=O)c2cn(CC(=O)Nc3ccccc3C)c3ccc(Cl)cc3c2=O)cc1. The number of pyridine rings is 1. The van der Waals surface area contributed by atoms with Crippen molar-refractivity contribution in [2.24, 2.45) is 0 Å². The van der Waals surface area contributed by atoms with Gasteiger partial charge in [0, 0.05) is 27.9 Å². The van der Waals surface area contributed by atoms with E-state index in [1.807, 2.05) is 50.2 Å². The molecule has 0 fully saturated rings. The van der Waals surface area contributed by atoms with Gasteiger partial charge in [-0.2, -0.15) is 0 Å². The van der Waals surface area contributed by atoms with Gasteiger partial charge in [0.1, 0.15) is 6.54 Å². The lowest BCUT2D eigenvalue weighted by Crippen LogP contribution is -2.24. The molecule has 5 nitrogen and oxygen atoms in total. The number of benzene rings is 3. The summed E-state index contributed by atoms with van der Waals surface area (Å²) in [7, 11) is 0. The Bertz CT molecular complexity index is 1420. The summed E-state index contributed by atoms with van der Waals surface area (Å²) in [5, 5.41) is 3.57. The number of halogens is 1. The molecule has 33 heavy (non-hydrogen) atoms. The zero-order valence-electron chi connectivity index (χ0n) is 18.4. The Morgan fingerprint density at radius 2 is 1.73 bits per heavy atom. The second kappa shape index (κ2) is 9.43. The Morgan fingerprint density at radius 3 is 2.42 bits per heavy atom. The molecule has 0 atom stereocenters. The van der Waals surface area contributed by atoms with Crippen LogP contribution >= 0.6 is 11.6 Å². The van der Waals surface area contributed by atoms with Crippen molar-refractivity contribution in [1.29, 1.82) is 0 Å². The zero-order chi connectivity index (χ0) is 23.5. The van der Waals surface area contributed by atoms with Crippen molar-refractivity contribution >= 4 is 39.9 Å². The maximum Gasteiger partial charge on any atom is 0.244 e. The Morgan fingerprint density at radius 1 is 1.00 bits per heavy atom. The summed E-state index contributed by atoms with van der Waals surface area (Å²) in [5.41, 5.74) is 3.29. The Hall–Kier alpha value is -3.70. The Kier molecular flexibility index (Phi) is 6.43. The zero-order valence-corrected chi connectivity index (χ0v) is 19.1. The van der Waals surface area contributed by atoms with Crippen LogP contribution in [0.3, 0.4) is 0 Å². The largest absolute Gasteiger partial charge is 0.337 e. The van der Waals surface area contributed by atoms with Crippen molar-refractivity contribution in [3.8, 4) is 0 Å². The molecule has 0 saturated carbocycles. The average molecular weight is 459 g/mol. The summed E-state index contributed by atoms with van der Waals surface area (Å²) in [5.74, 6) is -0.660. The van der Waals surface area contributed by atoms with Gasteiger partial charge in [0.15, 0.2) is 5.78 Å². The average Bonchev–Trinajstić information content (AvgIpc) is 2.82. The van der Waals surface area contributed by atoms with E-state index in [2.05, 4.69) is 5.32 Å². The van der Waals surface area contributed by atoms with E-state index in [9.17, 15) is 14.4 Å². The number of ketones is 1. The summed E-state index contributed by atoms with van der Waals surface area (Å²) in [6.45, 7) is 3.87. The van der Waals surface area contributed by atoms with Crippen molar-refractivity contribution in [3.63, 3.8) is 0 Å². The molecule has 4 aromatic rings. The smallest absolute Gasteiger partial charge is 0.244 e. The van der Waals surface area contributed by atoms with Crippen LogP contribution in [-0.2, 0) is 17.8 Å². The van der Waals surface area contributed by atoms with Crippen LogP contribution in [0.2, 0.25) is 5.02 Å². The van der Waals surface area contributed by atoms with Gasteiger partial charge in [0.2, 0.25) is 11.3 Å². The van der Waals surface area contributed by atoms with Crippen LogP contribution in [0.5, 0.6) is 0 Å². The first-order chi connectivity index (χ1) is 15.9. The number of anilines is 1. The number of carbonyl (C=O) groups excluding carboxylic acids is 2. The molecule has 0 aliphatic heterocycles. The predicted molar refractivity (Wildman–Crippen MR) is 132 cm³/mol. The number of amides is 1. The molecule has 3 aromatic carbocycles. The number of carbonyl (C=O) groups is 2. The number of rotatable bonds is 6. The minimum Gasteiger partial charge on any atom is -0.337 e. The van der Waals surface area contributed by atoms with E-state index >= 15 is 0 Å². The molecule has 0 aliphatic carbocycles. The third-order valence-electron chi connectivity index (χ3n) is 5.64. The molecule has 1 amide bonds. The van der Waals surface area contributed by atoms with Gasteiger partial charge in [-0.3, -0.25) is 14.4 Å². The highest BCUT2D eigenvalue weighted by atomic mass is 35.5. The molecule has 1 heterocycles. The summed E-state index contributed by atoms with van der Waals surface area (Å²) in [6, 6.07) is 19.5. The van der Waals surface area contributed by atoms with E-state index in [1.165, 1.54) is 12.3 Å². The highest BCUT2D eigenvalue weighted by molar-refractivity contribution is 6.31. The molecule has 0 spiro atoms. The fraction of sp³-hybridized carbons (Fsp3) is 0.148. The lowest BCUT2D eigenvalue weighted by molar-refractivity contribution is -0.116. The van der Waals surface area contributed by atoms with Gasteiger partial charge in [-0.05, 0) is 48.7 Å². The second-order valence-electron chi connectivity index (χ2n) is 7.90. The topological polar surface area (TPSA) is 68.2 Å². The minimum atomic E-state index is -0.410. The van der Waals surface area contributed by atoms with E-state index in [-0.39, 0.29) is 18.0 Å². The Labute approximate surface area is 196 Å². The molecule has 0 saturated heterocycles. The fourth-order valence-electron chi connectivity index (χ4n) is 3.77. The first-order valence-corrected chi connectivity index (χ1v) is 11.1. The predicted octanol–water partition coefficient (Wildman–Crippen LogP) is 5.40. The van der Waals surface area contributed by atoms with Crippen LogP contribution in [0, 0.1) is 6.92 Å². The number of nitrogens with one attached hydrogen (secondary N) is 1. The molecular formula is C27H23ClN2O3. The van der Waals surface area contributed by atoms with Gasteiger partial charge in [0.05, 0.1) is 11.1 Å². The number of fused-ring (bicyclic) bond motifs is 1. The molecule has 0 unspecified atom stereocenters. The molecule has 166 valence electrons. The van der Waals surface area contributed by atoms with Gasteiger partial charge in [-0.15, -0.1) is 0 Å². The number of nitrogens with zero attached hydrogens (tertiary/aromatic N) is 1.